The van der Waals surface area contributed by atoms with Crippen LogP contribution in [0.5, 0.6) is 5.75 Å². The Hall–Kier alpha value is -3.59. The van der Waals surface area contributed by atoms with E-state index in [4.69, 9.17) is 9.84 Å². The number of hydrogen-bond donors (Lipinski definition) is 2. The number of methoxy groups -OCH3 is 1. The summed E-state index contributed by atoms with van der Waals surface area (Å²) in [6.07, 6.45) is 3.48. The number of rotatable bonds is 8. The minimum atomic E-state index is -0.934. The topological polar surface area (TPSA) is 108 Å². The first-order chi connectivity index (χ1) is 15.5. The van der Waals surface area contributed by atoms with Crippen LogP contribution >= 0.6 is 0 Å². The monoisotopic (exact) mass is 438 g/mol. The van der Waals surface area contributed by atoms with Gasteiger partial charge in [0.05, 0.1) is 13.5 Å². The van der Waals surface area contributed by atoms with Gasteiger partial charge in [0.15, 0.2) is 0 Å². The van der Waals surface area contributed by atoms with Gasteiger partial charge in [-0.25, -0.2) is 4.98 Å². The van der Waals surface area contributed by atoms with Gasteiger partial charge in [-0.05, 0) is 30.3 Å². The maximum absolute atomic E-state index is 12.4. The van der Waals surface area contributed by atoms with Gasteiger partial charge in [-0.1, -0.05) is 6.07 Å². The molecule has 1 fully saturated rings. The van der Waals surface area contributed by atoms with E-state index < -0.39 is 18.0 Å². The number of aromatic nitrogens is 2. The molecule has 0 saturated carbocycles. The summed E-state index contributed by atoms with van der Waals surface area (Å²) in [7, 11) is 1.56. The Labute approximate surface area is 185 Å². The summed E-state index contributed by atoms with van der Waals surface area (Å²) >= 11 is 0. The minimum Gasteiger partial charge on any atom is -0.497 e. The van der Waals surface area contributed by atoms with Crippen LogP contribution in [0.25, 0.3) is 10.9 Å². The minimum absolute atomic E-state index is 0.0459. The lowest BCUT2D eigenvalue weighted by atomic mass is 10.0. The molecule has 1 aliphatic heterocycles. The second-order valence-electron chi connectivity index (χ2n) is 7.76. The fraction of sp³-hybridized carbons (Fsp3) is 0.348. The first-order valence-electron chi connectivity index (χ1n) is 10.5. The quantitative estimate of drug-likeness (QED) is 0.552. The van der Waals surface area contributed by atoms with Crippen LogP contribution in [0.1, 0.15) is 18.0 Å². The van der Waals surface area contributed by atoms with Gasteiger partial charge >= 0.3 is 11.9 Å². The molecule has 0 aliphatic carbocycles. The molecular weight excluding hydrogens is 412 g/mol. The summed E-state index contributed by atoms with van der Waals surface area (Å²) in [6, 6.07) is 10.4. The molecular formula is C23H26N4O5. The van der Waals surface area contributed by atoms with E-state index in [0.717, 1.165) is 16.7 Å². The summed E-state index contributed by atoms with van der Waals surface area (Å²) in [6.45, 7) is 2.74. The molecule has 2 N–H and O–H groups in total. The predicted molar refractivity (Wildman–Crippen MR) is 119 cm³/mol. The highest BCUT2D eigenvalue weighted by Gasteiger charge is 2.33. The molecule has 9 nitrogen and oxygen atoms in total. The molecule has 1 aliphatic rings. The molecule has 0 bridgehead atoms. The van der Waals surface area contributed by atoms with E-state index in [2.05, 4.69) is 9.88 Å². The number of carboxylic acids is 2. The van der Waals surface area contributed by atoms with E-state index in [1.165, 1.54) is 0 Å². The average Bonchev–Trinajstić information content (AvgIpc) is 3.16. The highest BCUT2D eigenvalue weighted by atomic mass is 16.5. The number of nitrogens with zero attached hydrogens (tertiary/aromatic N) is 4. The third-order valence-electron chi connectivity index (χ3n) is 5.87. The SMILES string of the molecule is COc1ccc2c(c1)c([C@H](C(=O)O)N1CCN(c3ccccn3)CC1)cn2CCC(=O)O. The summed E-state index contributed by atoms with van der Waals surface area (Å²) in [5, 5.41) is 20.0. The van der Waals surface area contributed by atoms with Crippen molar-refractivity contribution in [3.8, 4) is 5.75 Å². The molecule has 168 valence electrons. The molecule has 9 heteroatoms. The van der Waals surface area contributed by atoms with E-state index in [9.17, 15) is 14.7 Å². The van der Waals surface area contributed by atoms with Crippen molar-refractivity contribution in [1.29, 1.82) is 0 Å². The molecule has 3 aromatic rings. The Morgan fingerprint density at radius 1 is 1.12 bits per heavy atom. The molecule has 0 unspecified atom stereocenters. The molecule has 0 radical (unpaired) electrons. The van der Waals surface area contributed by atoms with E-state index in [1.807, 2.05) is 39.8 Å². The fourth-order valence-electron chi connectivity index (χ4n) is 4.29. The Morgan fingerprint density at radius 2 is 1.91 bits per heavy atom. The molecule has 4 rings (SSSR count). The maximum atomic E-state index is 12.4. The third-order valence-corrected chi connectivity index (χ3v) is 5.87. The lowest BCUT2D eigenvalue weighted by Gasteiger charge is -2.38. The van der Waals surface area contributed by atoms with Crippen LogP contribution in [-0.4, -0.2) is 69.9 Å². The number of ether oxygens (including phenoxy) is 1. The van der Waals surface area contributed by atoms with Gasteiger partial charge in [0, 0.05) is 61.6 Å². The molecule has 1 aromatic carbocycles. The Balaban J connectivity index is 1.65. The van der Waals surface area contributed by atoms with Crippen LogP contribution < -0.4 is 9.64 Å². The molecule has 3 heterocycles. The Bertz CT molecular complexity index is 1110. The number of piperazine rings is 1. The highest BCUT2D eigenvalue weighted by molar-refractivity contribution is 5.90. The van der Waals surface area contributed by atoms with Gasteiger partial charge in [-0.2, -0.15) is 0 Å². The number of anilines is 1. The number of carbonyl (C=O) groups is 2. The highest BCUT2D eigenvalue weighted by Crippen LogP contribution is 2.34. The molecule has 1 atom stereocenters. The zero-order valence-corrected chi connectivity index (χ0v) is 17.8. The second-order valence-corrected chi connectivity index (χ2v) is 7.76. The average molecular weight is 438 g/mol. The lowest BCUT2D eigenvalue weighted by molar-refractivity contribution is -0.143. The normalized spacial score (nSPS) is 15.6. The van der Waals surface area contributed by atoms with Gasteiger partial charge in [-0.15, -0.1) is 0 Å². The summed E-state index contributed by atoms with van der Waals surface area (Å²) < 4.78 is 7.17. The first-order valence-corrected chi connectivity index (χ1v) is 10.5. The molecule has 32 heavy (non-hydrogen) atoms. The Morgan fingerprint density at radius 3 is 2.53 bits per heavy atom. The van der Waals surface area contributed by atoms with Crippen molar-refractivity contribution in [3.63, 3.8) is 0 Å². The van der Waals surface area contributed by atoms with Gasteiger partial charge in [0.1, 0.15) is 17.6 Å². The van der Waals surface area contributed by atoms with Crippen molar-refractivity contribution in [2.24, 2.45) is 0 Å². The second kappa shape index (κ2) is 9.27. The summed E-state index contributed by atoms with van der Waals surface area (Å²) in [5.74, 6) is -0.327. The number of carboxylic acid groups (broad SMARTS) is 2. The number of benzene rings is 1. The maximum Gasteiger partial charge on any atom is 0.325 e. The van der Waals surface area contributed by atoms with Crippen molar-refractivity contribution in [2.75, 3.05) is 38.2 Å². The van der Waals surface area contributed by atoms with Crippen molar-refractivity contribution in [3.05, 3.63) is 54.4 Å². The predicted octanol–water partition coefficient (Wildman–Crippen LogP) is 2.47. The van der Waals surface area contributed by atoms with Crippen LogP contribution in [0.4, 0.5) is 5.82 Å². The van der Waals surface area contributed by atoms with Gasteiger partial charge in [-0.3, -0.25) is 14.5 Å². The third kappa shape index (κ3) is 4.38. The van der Waals surface area contributed by atoms with E-state index in [1.54, 1.807) is 25.6 Å². The molecule has 2 aromatic heterocycles. The fourth-order valence-corrected chi connectivity index (χ4v) is 4.29. The standard InChI is InChI=1S/C23H26N4O5/c1-32-16-5-6-19-17(14-16)18(15-27(19)9-7-21(28)29)22(23(30)31)26-12-10-25(11-13-26)20-4-2-3-8-24-20/h2-6,8,14-15,22H,7,9-13H2,1H3,(H,28,29)(H,30,31)/t22-/m1/s1. The van der Waals surface area contributed by atoms with Crippen molar-refractivity contribution in [2.45, 2.75) is 19.0 Å². The number of fused-ring (bicyclic) bond motifs is 1. The van der Waals surface area contributed by atoms with Crippen molar-refractivity contribution in [1.82, 2.24) is 14.5 Å². The van der Waals surface area contributed by atoms with E-state index >= 15 is 0 Å². The van der Waals surface area contributed by atoms with E-state index in [0.29, 0.717) is 37.5 Å². The summed E-state index contributed by atoms with van der Waals surface area (Å²) in [4.78, 5) is 32.0. The Kier molecular flexibility index (Phi) is 6.27. The smallest absolute Gasteiger partial charge is 0.325 e. The zero-order chi connectivity index (χ0) is 22.7. The van der Waals surface area contributed by atoms with Crippen molar-refractivity contribution < 1.29 is 24.5 Å². The zero-order valence-electron chi connectivity index (χ0n) is 17.8. The first kappa shape index (κ1) is 21.6. The largest absolute Gasteiger partial charge is 0.497 e. The van der Waals surface area contributed by atoms with Crippen LogP contribution in [0.15, 0.2) is 48.8 Å². The van der Waals surface area contributed by atoms with E-state index in [-0.39, 0.29) is 13.0 Å². The van der Waals surface area contributed by atoms with Crippen LogP contribution in [0.2, 0.25) is 0 Å². The van der Waals surface area contributed by atoms with Crippen LogP contribution in [0, 0.1) is 0 Å². The molecule has 0 spiro atoms. The van der Waals surface area contributed by atoms with Gasteiger partial charge in [0.2, 0.25) is 0 Å². The van der Waals surface area contributed by atoms with Crippen molar-refractivity contribution >= 4 is 28.7 Å². The number of aryl methyl sites for hydroxylation is 1. The molecule has 1 saturated heterocycles. The lowest BCUT2D eigenvalue weighted by Crippen LogP contribution is -2.49. The number of hydrogen-bond acceptors (Lipinski definition) is 6. The van der Waals surface area contributed by atoms with Gasteiger partial charge in [0.25, 0.3) is 0 Å². The van der Waals surface area contributed by atoms with Gasteiger partial charge < -0.3 is 24.4 Å². The van der Waals surface area contributed by atoms with Crippen LogP contribution in [-0.2, 0) is 16.1 Å². The number of pyridine rings is 1. The van der Waals surface area contributed by atoms with Crippen LogP contribution in [0.3, 0.4) is 0 Å². The number of aliphatic carboxylic acids is 2. The summed E-state index contributed by atoms with van der Waals surface area (Å²) in [5.41, 5.74) is 1.43. The molecule has 0 amide bonds.